The van der Waals surface area contributed by atoms with Gasteiger partial charge in [0.1, 0.15) is 0 Å². The quantitative estimate of drug-likeness (QED) is 0.446. The van der Waals surface area contributed by atoms with E-state index in [4.69, 9.17) is 0 Å². The minimum absolute atomic E-state index is 0. The summed E-state index contributed by atoms with van der Waals surface area (Å²) < 4.78 is 0. The maximum absolute atomic E-state index is 0. The van der Waals surface area contributed by atoms with Gasteiger partial charge in [0.2, 0.25) is 0 Å². The van der Waals surface area contributed by atoms with Gasteiger partial charge < -0.3 is 32.9 Å². The summed E-state index contributed by atoms with van der Waals surface area (Å²) in [5.74, 6) is 0. The number of rotatable bonds is 0. The Morgan fingerprint density at radius 2 is 0.333 bits per heavy atom. The smallest absolute Gasteiger partial charge is 2.00 e. The van der Waals surface area contributed by atoms with Gasteiger partial charge in [0, 0.05) is 0 Å². The van der Waals surface area contributed by atoms with Crippen LogP contribution in [0.1, 0.15) is 0 Å². The molecule has 0 heterocycles. The molecule has 6 nitrogen and oxygen atoms in total. The topological polar surface area (TPSA) is 171 Å². The third-order valence-electron chi connectivity index (χ3n) is 0. The Kier molecular flexibility index (Phi) is 7690. The molecule has 0 aromatic carbocycles. The van der Waals surface area contributed by atoms with Crippen LogP contribution in [0, 0.1) is 0 Å². The number of hydrogen-bond acceptors (Lipinski definition) is 0. The third-order valence-corrected chi connectivity index (χ3v) is 0. The molecule has 0 saturated heterocycles. The van der Waals surface area contributed by atoms with Crippen molar-refractivity contribution in [2.75, 3.05) is 0 Å². The van der Waals surface area contributed by atoms with E-state index >= 15 is 0 Å². The zero-order valence-corrected chi connectivity index (χ0v) is 10.5. The van der Waals surface area contributed by atoms with Crippen LogP contribution in [0.4, 0.5) is 0 Å². The van der Waals surface area contributed by atoms with Crippen LogP contribution >= 0.6 is 0 Å². The van der Waals surface area contributed by atoms with Crippen LogP contribution in [-0.2, 0) is 70.0 Å². The van der Waals surface area contributed by atoms with E-state index < -0.39 is 0 Å². The summed E-state index contributed by atoms with van der Waals surface area (Å²) in [7, 11) is 0. The fourth-order valence-corrected chi connectivity index (χ4v) is 0. The normalized spacial score (nSPS) is 0. The van der Waals surface area contributed by atoms with Gasteiger partial charge in [0.15, 0.2) is 0 Å². The zero-order chi connectivity index (χ0) is 0. The van der Waals surface area contributed by atoms with Gasteiger partial charge in [-0.15, -0.1) is 0 Å². The fourth-order valence-electron chi connectivity index (χ4n) is 0. The molecule has 52 valence electrons. The molecule has 9 heteroatoms. The van der Waals surface area contributed by atoms with Crippen molar-refractivity contribution in [2.24, 2.45) is 0 Å². The van der Waals surface area contributed by atoms with E-state index in [-0.39, 0.29) is 97.3 Å². The second-order valence-electron chi connectivity index (χ2n) is 0. The van der Waals surface area contributed by atoms with E-state index in [1.165, 1.54) is 0 Å². The molecule has 0 saturated carbocycles. The first-order chi connectivity index (χ1) is 0. The molecule has 0 spiro atoms. The second kappa shape index (κ2) is 225. The van der Waals surface area contributed by atoms with E-state index in [2.05, 4.69) is 0 Å². The third kappa shape index (κ3) is 177. The van der Waals surface area contributed by atoms with Crippen LogP contribution in [-0.4, -0.2) is 27.3 Å². The summed E-state index contributed by atoms with van der Waals surface area (Å²) in [5.41, 5.74) is 0. The van der Waals surface area contributed by atoms with Crippen LogP contribution in [0.5, 0.6) is 0 Å². The van der Waals surface area contributed by atoms with Gasteiger partial charge in [-0.05, 0) is 0 Å². The van der Waals surface area contributed by atoms with E-state index in [0.717, 1.165) is 0 Å². The average Bonchev–Trinajstić information content (AvgIpc) is 0. The molecule has 0 N–H and O–H groups in total. The molecule has 0 fully saturated rings. The Bertz CT molecular complexity index is 11.0. The van der Waals surface area contributed by atoms with Crippen LogP contribution in [0.3, 0.4) is 0 Å². The average molecular weight is 405 g/mol. The van der Waals surface area contributed by atoms with Crippen molar-refractivity contribution < 1.29 is 70.0 Å². The van der Waals surface area contributed by atoms with Crippen molar-refractivity contribution in [3.05, 3.63) is 0 Å². The molecule has 0 aromatic heterocycles. The predicted octanol–water partition coefficient (Wildman–Crippen LogP) is -1.10. The summed E-state index contributed by atoms with van der Waals surface area (Å²) >= 11 is 0. The van der Waals surface area contributed by atoms with Gasteiger partial charge in [0.05, 0.1) is 0 Å². The zero-order valence-electron chi connectivity index (χ0n) is 3.84. The first-order valence-corrected chi connectivity index (χ1v) is 0. The summed E-state index contributed by atoms with van der Waals surface area (Å²) in [5, 5.41) is 0. The molecule has 0 aliphatic heterocycles. The molecule has 0 amide bonds. The monoisotopic (exact) mass is 406 g/mol. The summed E-state index contributed by atoms with van der Waals surface area (Å²) in [6.45, 7) is 0. The van der Waals surface area contributed by atoms with Crippen molar-refractivity contribution in [1.82, 2.24) is 0 Å². The van der Waals surface area contributed by atoms with Crippen molar-refractivity contribution in [1.29, 1.82) is 0 Å². The van der Waals surface area contributed by atoms with Gasteiger partial charge in [-0.1, -0.05) is 0 Å². The van der Waals surface area contributed by atoms with E-state index in [9.17, 15) is 0 Å². The SMILES string of the molecule is [O-2].[O-2].[O-2].[O-2].[O-2].[O-2].[Pb+2].[V+4].[V+4]. The van der Waals surface area contributed by atoms with Gasteiger partial charge in [0.25, 0.3) is 0 Å². The Balaban J connectivity index is 0. The molecule has 9 heavy (non-hydrogen) atoms. The maximum atomic E-state index is 0. The van der Waals surface area contributed by atoms with Crippen LogP contribution in [0.2, 0.25) is 0 Å². The first kappa shape index (κ1) is 307. The molecule has 4 radical (unpaired) electrons. The standard InChI is InChI=1S/6O.Pb.2V/q6*-2;+2;2*+4. The predicted molar refractivity (Wildman–Crippen MR) is 9.87 cm³/mol. The molecule has 0 bridgehead atoms. The molecular weight excluding hydrogens is 405 g/mol. The van der Waals surface area contributed by atoms with Crippen molar-refractivity contribution in [2.45, 2.75) is 0 Å². The van der Waals surface area contributed by atoms with Gasteiger partial charge in [-0.2, -0.15) is 0 Å². The Morgan fingerprint density at radius 3 is 0.333 bits per heavy atom. The van der Waals surface area contributed by atoms with Crippen molar-refractivity contribution >= 4 is 27.3 Å². The Morgan fingerprint density at radius 1 is 0.333 bits per heavy atom. The van der Waals surface area contributed by atoms with E-state index in [0.29, 0.717) is 0 Å². The van der Waals surface area contributed by atoms with E-state index in [1.807, 2.05) is 0 Å². The van der Waals surface area contributed by atoms with Crippen LogP contribution in [0.25, 0.3) is 0 Å². The molecule has 0 atom stereocenters. The van der Waals surface area contributed by atoms with Gasteiger partial charge in [-0.3, -0.25) is 0 Å². The minimum Gasteiger partial charge on any atom is -2.00 e. The maximum Gasteiger partial charge on any atom is 4.00 e. The second-order valence-corrected chi connectivity index (χ2v) is 0. The van der Waals surface area contributed by atoms with Gasteiger partial charge in [-0.25, -0.2) is 0 Å². The Hall–Kier alpha value is 1.85. The Labute approximate surface area is 96.6 Å². The van der Waals surface area contributed by atoms with Crippen LogP contribution in [0.15, 0.2) is 0 Å². The molecule has 0 rings (SSSR count). The number of hydrogen-bond donors (Lipinski definition) is 0. The van der Waals surface area contributed by atoms with Crippen molar-refractivity contribution in [3.63, 3.8) is 0 Å². The minimum atomic E-state index is 0. The largest absolute Gasteiger partial charge is 4.00 e. The summed E-state index contributed by atoms with van der Waals surface area (Å²) in [4.78, 5) is 0. The fraction of sp³-hybridized carbons (Fsp3) is 0. The van der Waals surface area contributed by atoms with Crippen LogP contribution < -0.4 is 0 Å². The molecule has 0 unspecified atom stereocenters. The molecule has 0 aliphatic carbocycles. The first-order valence-electron chi connectivity index (χ1n) is 0. The summed E-state index contributed by atoms with van der Waals surface area (Å²) in [6.07, 6.45) is 0. The molecule has 0 aliphatic rings. The molecule has 0 aromatic rings. The van der Waals surface area contributed by atoms with Gasteiger partial charge >= 0.3 is 64.4 Å². The molecular formula is O6PbV2-2. The van der Waals surface area contributed by atoms with Crippen molar-refractivity contribution in [3.8, 4) is 0 Å². The summed E-state index contributed by atoms with van der Waals surface area (Å²) in [6, 6.07) is 0. The van der Waals surface area contributed by atoms with E-state index in [1.54, 1.807) is 0 Å².